The molecule has 0 atom stereocenters. The summed E-state index contributed by atoms with van der Waals surface area (Å²) in [5.74, 6) is -2.84. The number of alkyl halides is 3. The van der Waals surface area contributed by atoms with Crippen molar-refractivity contribution < 1.29 is 46.1 Å². The van der Waals surface area contributed by atoms with E-state index in [1.807, 2.05) is 0 Å². The fraction of sp³-hybridized carbons (Fsp3) is 0.368. The first-order valence-corrected chi connectivity index (χ1v) is 11.3. The molecule has 8 nitrogen and oxygen atoms in total. The van der Waals surface area contributed by atoms with E-state index in [2.05, 4.69) is 5.32 Å². The van der Waals surface area contributed by atoms with Gasteiger partial charge in [0.1, 0.15) is 20.6 Å². The molecule has 0 saturated carbocycles. The topological polar surface area (TPSA) is 130 Å². The second-order valence-electron chi connectivity index (χ2n) is 7.45. The molecule has 1 aromatic carbocycles. The van der Waals surface area contributed by atoms with Gasteiger partial charge in [0.25, 0.3) is 5.91 Å². The average molecular weight is 495 g/mol. The minimum atomic E-state index is -5.05. The van der Waals surface area contributed by atoms with Gasteiger partial charge in [-0.15, -0.1) is 11.3 Å². The number of benzene rings is 1. The van der Waals surface area contributed by atoms with Crippen molar-refractivity contribution in [3.63, 3.8) is 0 Å². The number of aliphatic hydroxyl groups is 1. The van der Waals surface area contributed by atoms with Crippen LogP contribution in [0.15, 0.2) is 33.4 Å². The van der Waals surface area contributed by atoms with E-state index in [4.69, 9.17) is 4.74 Å². The Morgan fingerprint density at radius 1 is 1.16 bits per heavy atom. The number of aromatic carboxylic acids is 1. The van der Waals surface area contributed by atoms with Gasteiger partial charge < -0.3 is 20.3 Å². The highest BCUT2D eigenvalue weighted by atomic mass is 32.2. The van der Waals surface area contributed by atoms with Crippen LogP contribution in [0.4, 0.5) is 18.2 Å². The van der Waals surface area contributed by atoms with Crippen molar-refractivity contribution in [3.05, 3.63) is 35.4 Å². The highest BCUT2D eigenvalue weighted by molar-refractivity contribution is 7.93. The molecule has 0 saturated heterocycles. The van der Waals surface area contributed by atoms with Crippen LogP contribution in [0.2, 0.25) is 0 Å². The number of thiophene rings is 1. The second kappa shape index (κ2) is 8.71. The number of hydrogen-bond donors (Lipinski definition) is 3. The highest BCUT2D eigenvalue weighted by Gasteiger charge is 2.39. The number of carbonyl (C=O) groups excluding carboxylic acids is 1. The Bertz CT molecular complexity index is 1150. The maximum absolute atomic E-state index is 13.6. The number of hydrogen-bond acceptors (Lipinski definition) is 7. The molecule has 2 aromatic rings. The van der Waals surface area contributed by atoms with Crippen LogP contribution in [-0.4, -0.2) is 42.2 Å². The zero-order valence-electron chi connectivity index (χ0n) is 17.3. The number of rotatable bonds is 7. The summed E-state index contributed by atoms with van der Waals surface area (Å²) < 4.78 is 71.4. The number of nitrogens with one attached hydrogen (secondary N) is 1. The van der Waals surface area contributed by atoms with Crippen molar-refractivity contribution in [3.8, 4) is 5.75 Å². The summed E-state index contributed by atoms with van der Waals surface area (Å²) >= 11 is 0.258. The smallest absolute Gasteiger partial charge is 0.417 e. The Balaban J connectivity index is 2.64. The molecule has 0 unspecified atom stereocenters. The monoisotopic (exact) mass is 495 g/mol. The molecule has 0 aliphatic carbocycles. The van der Waals surface area contributed by atoms with Gasteiger partial charge in [-0.05, 0) is 52.0 Å². The van der Waals surface area contributed by atoms with Crippen LogP contribution in [-0.2, 0) is 20.8 Å². The third-order valence-corrected chi connectivity index (χ3v) is 7.24. The van der Waals surface area contributed by atoms with Gasteiger partial charge in [0.15, 0.2) is 0 Å². The fourth-order valence-electron chi connectivity index (χ4n) is 2.43. The van der Waals surface area contributed by atoms with Crippen molar-refractivity contribution >= 4 is 38.1 Å². The largest absolute Gasteiger partial charge is 0.491 e. The number of carboxylic acids is 1. The van der Waals surface area contributed by atoms with Crippen molar-refractivity contribution in [1.29, 1.82) is 0 Å². The summed E-state index contributed by atoms with van der Waals surface area (Å²) in [5.41, 5.74) is -4.06. The number of carboxylic acid groups (broad SMARTS) is 1. The minimum Gasteiger partial charge on any atom is -0.491 e. The third-order valence-electron chi connectivity index (χ3n) is 3.91. The molecule has 1 amide bonds. The molecule has 0 fully saturated rings. The summed E-state index contributed by atoms with van der Waals surface area (Å²) in [6.07, 6.45) is -5.51. The predicted molar refractivity (Wildman–Crippen MR) is 109 cm³/mol. The molecule has 3 N–H and O–H groups in total. The van der Waals surface area contributed by atoms with Crippen LogP contribution in [0.1, 0.15) is 43.6 Å². The Kier molecular flexibility index (Phi) is 6.98. The van der Waals surface area contributed by atoms with Gasteiger partial charge in [-0.3, -0.25) is 4.79 Å². The lowest BCUT2D eigenvalue weighted by atomic mass is 10.1. The first kappa shape index (κ1) is 25.6. The van der Waals surface area contributed by atoms with E-state index in [1.54, 1.807) is 13.8 Å². The number of amides is 1. The molecule has 1 aromatic heterocycles. The number of ether oxygens (including phenoxy) is 1. The Labute approximate surface area is 185 Å². The zero-order valence-corrected chi connectivity index (χ0v) is 18.9. The van der Waals surface area contributed by atoms with Crippen molar-refractivity contribution in [2.45, 2.75) is 54.7 Å². The lowest BCUT2D eigenvalue weighted by molar-refractivity contribution is -0.140. The molecule has 13 heteroatoms. The first-order chi connectivity index (χ1) is 14.4. The van der Waals surface area contributed by atoms with E-state index in [-0.39, 0.29) is 17.1 Å². The number of sulfone groups is 1. The summed E-state index contributed by atoms with van der Waals surface area (Å²) in [6.45, 7) is 5.40. The van der Waals surface area contributed by atoms with Crippen LogP contribution in [0, 0.1) is 0 Å². The van der Waals surface area contributed by atoms with E-state index in [0.29, 0.717) is 12.1 Å². The Morgan fingerprint density at radius 2 is 1.75 bits per heavy atom. The Hall–Kier alpha value is -2.64. The van der Waals surface area contributed by atoms with Gasteiger partial charge >= 0.3 is 12.1 Å². The number of carbonyl (C=O) groups is 2. The molecular weight excluding hydrogens is 475 g/mol. The summed E-state index contributed by atoms with van der Waals surface area (Å²) in [7, 11) is -4.84. The van der Waals surface area contributed by atoms with E-state index < -0.39 is 64.8 Å². The van der Waals surface area contributed by atoms with E-state index in [1.165, 1.54) is 0 Å². The van der Waals surface area contributed by atoms with Crippen LogP contribution < -0.4 is 10.1 Å². The fourth-order valence-corrected chi connectivity index (χ4v) is 5.36. The van der Waals surface area contributed by atoms with Crippen LogP contribution in [0.5, 0.6) is 5.75 Å². The summed E-state index contributed by atoms with van der Waals surface area (Å²) in [4.78, 5) is 22.4. The quantitative estimate of drug-likeness (QED) is 0.533. The molecule has 0 spiro atoms. The zero-order chi connectivity index (χ0) is 24.6. The summed E-state index contributed by atoms with van der Waals surface area (Å²) in [6, 6.07) is 2.99. The molecule has 0 radical (unpaired) electrons. The van der Waals surface area contributed by atoms with Gasteiger partial charge in [0.05, 0.1) is 22.1 Å². The lowest BCUT2D eigenvalue weighted by Crippen LogP contribution is -2.36. The SMILES string of the molecule is CC(C)Oc1ccc(S(=O)(=O)c2cc(C(=O)O)c(NC(=O)C(C)(C)O)s2)c(C(F)(F)F)c1. The number of halogens is 3. The molecule has 176 valence electrons. The van der Waals surface area contributed by atoms with E-state index in [9.17, 15) is 41.4 Å². The van der Waals surface area contributed by atoms with Gasteiger partial charge in [0, 0.05) is 0 Å². The molecule has 2 rings (SSSR count). The molecule has 0 bridgehead atoms. The van der Waals surface area contributed by atoms with Crippen molar-refractivity contribution in [2.24, 2.45) is 0 Å². The van der Waals surface area contributed by atoms with Crippen LogP contribution >= 0.6 is 11.3 Å². The molecule has 0 aliphatic heterocycles. The van der Waals surface area contributed by atoms with Gasteiger partial charge in [-0.2, -0.15) is 13.2 Å². The van der Waals surface area contributed by atoms with Crippen LogP contribution in [0.3, 0.4) is 0 Å². The van der Waals surface area contributed by atoms with E-state index >= 15 is 0 Å². The molecular formula is C19H20F3NO7S2. The summed E-state index contributed by atoms with van der Waals surface area (Å²) in [5, 5.41) is 20.7. The standard InChI is InChI=1S/C19H20F3NO7S2/c1-9(2)30-10-5-6-13(12(7-10)19(20,21)22)32(28,29)14-8-11(16(24)25)15(31-14)23-17(26)18(3,4)27/h5-9,27H,1-4H3,(H,23,26)(H,24,25). The van der Waals surface area contributed by atoms with Crippen molar-refractivity contribution in [2.75, 3.05) is 5.32 Å². The van der Waals surface area contributed by atoms with Crippen LogP contribution in [0.25, 0.3) is 0 Å². The maximum atomic E-state index is 13.6. The average Bonchev–Trinajstić information content (AvgIpc) is 3.04. The molecule has 1 heterocycles. The molecule has 32 heavy (non-hydrogen) atoms. The Morgan fingerprint density at radius 3 is 2.22 bits per heavy atom. The molecule has 0 aliphatic rings. The predicted octanol–water partition coefficient (Wildman–Crippen LogP) is 3.79. The third kappa shape index (κ3) is 5.58. The normalized spacial score (nSPS) is 12.7. The highest BCUT2D eigenvalue weighted by Crippen LogP contribution is 2.41. The van der Waals surface area contributed by atoms with Gasteiger partial charge in [-0.1, -0.05) is 0 Å². The minimum absolute atomic E-state index is 0.193. The van der Waals surface area contributed by atoms with Gasteiger partial charge in [-0.25, -0.2) is 13.2 Å². The maximum Gasteiger partial charge on any atom is 0.417 e. The lowest BCUT2D eigenvalue weighted by Gasteiger charge is -2.16. The second-order valence-corrected chi connectivity index (χ2v) is 10.6. The first-order valence-electron chi connectivity index (χ1n) is 8.98. The van der Waals surface area contributed by atoms with Gasteiger partial charge in [0.2, 0.25) is 9.84 Å². The van der Waals surface area contributed by atoms with E-state index in [0.717, 1.165) is 26.0 Å². The van der Waals surface area contributed by atoms with Crippen molar-refractivity contribution in [1.82, 2.24) is 0 Å². The number of anilines is 1.